The Kier molecular flexibility index (Phi) is 8.17. The number of esters is 2. The summed E-state index contributed by atoms with van der Waals surface area (Å²) in [6.07, 6.45) is 0.482. The van der Waals surface area contributed by atoms with Crippen molar-refractivity contribution in [2.45, 2.75) is 19.4 Å². The van der Waals surface area contributed by atoms with E-state index < -0.39 is 64.2 Å². The first-order valence-electron chi connectivity index (χ1n) is 10.3. The normalized spacial score (nSPS) is 13.8. The summed E-state index contributed by atoms with van der Waals surface area (Å²) in [7, 11) is -3.59. The topological polar surface area (TPSA) is 141 Å². The molecule has 0 radical (unpaired) electrons. The van der Waals surface area contributed by atoms with Crippen LogP contribution < -0.4 is 4.74 Å². The van der Waals surface area contributed by atoms with Gasteiger partial charge in [-0.2, -0.15) is 0 Å². The zero-order valence-corrected chi connectivity index (χ0v) is 21.3. The third-order valence-corrected chi connectivity index (χ3v) is 6.79. The van der Waals surface area contributed by atoms with Crippen LogP contribution in [0.1, 0.15) is 44.4 Å². The van der Waals surface area contributed by atoms with Crippen molar-refractivity contribution in [2.24, 2.45) is 0 Å². The van der Waals surface area contributed by atoms with Crippen LogP contribution in [0.15, 0.2) is 36.4 Å². The predicted molar refractivity (Wildman–Crippen MR) is 128 cm³/mol. The molecule has 36 heavy (non-hydrogen) atoms. The highest BCUT2D eigenvalue weighted by Gasteiger charge is 2.44. The monoisotopic (exact) mass is 555 g/mol. The smallest absolute Gasteiger partial charge is 0.329 e. The summed E-state index contributed by atoms with van der Waals surface area (Å²) >= 11 is 11.9. The van der Waals surface area contributed by atoms with Crippen LogP contribution in [0.2, 0.25) is 10.0 Å². The molecule has 1 atom stereocenters. The van der Waals surface area contributed by atoms with Gasteiger partial charge in [0.25, 0.3) is 11.8 Å². The van der Waals surface area contributed by atoms with Gasteiger partial charge in [0.05, 0.1) is 26.9 Å². The van der Waals surface area contributed by atoms with E-state index in [1.165, 1.54) is 43.3 Å². The highest BCUT2D eigenvalue weighted by atomic mass is 35.5. The van der Waals surface area contributed by atoms with Crippen molar-refractivity contribution in [3.8, 4) is 5.75 Å². The molecule has 0 spiro atoms. The summed E-state index contributed by atoms with van der Waals surface area (Å²) in [6.45, 7) is 0.470. The van der Waals surface area contributed by atoms with Gasteiger partial charge in [-0.15, -0.1) is 0 Å². The number of Topliss-reactive ketones (excluding diaryl/α,β-unsaturated/α-hetero) is 1. The summed E-state index contributed by atoms with van der Waals surface area (Å²) in [5.74, 6) is -4.39. The molecule has 0 N–H and O–H groups in total. The molecule has 1 aliphatic heterocycles. The SMILES string of the molecule is CC(=O)Oc1ccc(C(=O)COC(=O)[C@H](CCS(C)(=O)=O)N2C(=O)c3cc(Cl)c(Cl)cc3C2=O)cc1. The Morgan fingerprint density at radius 1 is 0.972 bits per heavy atom. The first-order chi connectivity index (χ1) is 16.8. The number of ether oxygens (including phenoxy) is 2. The second-order valence-corrected chi connectivity index (χ2v) is 10.9. The lowest BCUT2D eigenvalue weighted by molar-refractivity contribution is -0.147. The average Bonchev–Trinajstić information content (AvgIpc) is 3.01. The standard InChI is InChI=1S/C23H19Cl2NO9S/c1-12(27)35-14-5-3-13(4-6-14)20(28)11-34-23(31)19(7-8-36(2,32)33)26-21(29)15-9-17(24)18(25)10-16(15)22(26)30/h3-6,9-10,19H,7-8,11H2,1-2H3/t19-/m0/s1. The van der Waals surface area contributed by atoms with Gasteiger partial charge in [0, 0.05) is 18.7 Å². The zero-order valence-electron chi connectivity index (χ0n) is 18.9. The largest absolute Gasteiger partial charge is 0.456 e. The Morgan fingerprint density at radius 3 is 1.97 bits per heavy atom. The number of carbonyl (C=O) groups is 5. The van der Waals surface area contributed by atoms with Crippen LogP contribution in [-0.4, -0.2) is 67.5 Å². The van der Waals surface area contributed by atoms with E-state index in [4.69, 9.17) is 32.7 Å². The minimum Gasteiger partial charge on any atom is -0.456 e. The van der Waals surface area contributed by atoms with Crippen LogP contribution >= 0.6 is 23.2 Å². The van der Waals surface area contributed by atoms with E-state index in [1.807, 2.05) is 0 Å². The zero-order chi connectivity index (χ0) is 26.8. The molecule has 0 bridgehead atoms. The number of hydrogen-bond acceptors (Lipinski definition) is 9. The van der Waals surface area contributed by atoms with Gasteiger partial charge in [-0.05, 0) is 42.8 Å². The maximum Gasteiger partial charge on any atom is 0.329 e. The second kappa shape index (κ2) is 10.8. The van der Waals surface area contributed by atoms with Crippen LogP contribution in [0.25, 0.3) is 0 Å². The molecule has 0 aromatic heterocycles. The van der Waals surface area contributed by atoms with Gasteiger partial charge in [0.15, 0.2) is 12.4 Å². The van der Waals surface area contributed by atoms with E-state index in [-0.39, 0.29) is 32.5 Å². The Labute approximate surface area is 216 Å². The summed E-state index contributed by atoms with van der Waals surface area (Å²) in [4.78, 5) is 62.9. The quantitative estimate of drug-likeness (QED) is 0.197. The number of rotatable bonds is 9. The molecule has 0 unspecified atom stereocenters. The molecule has 13 heteroatoms. The van der Waals surface area contributed by atoms with Crippen LogP contribution in [0.4, 0.5) is 0 Å². The van der Waals surface area contributed by atoms with Gasteiger partial charge in [-0.1, -0.05) is 23.2 Å². The number of halogens is 2. The molecule has 2 aromatic rings. The van der Waals surface area contributed by atoms with Crippen molar-refractivity contribution in [2.75, 3.05) is 18.6 Å². The van der Waals surface area contributed by atoms with E-state index in [0.717, 1.165) is 6.26 Å². The molecule has 3 rings (SSSR count). The molecule has 2 amide bonds. The number of ketones is 1. The fraction of sp³-hybridized carbons (Fsp3) is 0.261. The predicted octanol–water partition coefficient (Wildman–Crippen LogP) is 2.74. The Balaban J connectivity index is 1.79. The number of imide groups is 1. The highest BCUT2D eigenvalue weighted by molar-refractivity contribution is 7.90. The van der Waals surface area contributed by atoms with Crippen LogP contribution in [0.3, 0.4) is 0 Å². The van der Waals surface area contributed by atoms with E-state index in [1.54, 1.807) is 0 Å². The van der Waals surface area contributed by atoms with Gasteiger partial charge < -0.3 is 9.47 Å². The van der Waals surface area contributed by atoms with Crippen molar-refractivity contribution in [1.29, 1.82) is 0 Å². The van der Waals surface area contributed by atoms with Crippen LogP contribution in [0.5, 0.6) is 5.75 Å². The Hall–Kier alpha value is -3.28. The van der Waals surface area contributed by atoms with Crippen molar-refractivity contribution < 1.29 is 41.9 Å². The van der Waals surface area contributed by atoms with Gasteiger partial charge >= 0.3 is 11.9 Å². The number of sulfone groups is 1. The van der Waals surface area contributed by atoms with Crippen molar-refractivity contribution in [3.05, 3.63) is 63.1 Å². The average molecular weight is 556 g/mol. The van der Waals surface area contributed by atoms with E-state index in [2.05, 4.69) is 0 Å². The highest BCUT2D eigenvalue weighted by Crippen LogP contribution is 2.33. The first kappa shape index (κ1) is 27.3. The maximum absolute atomic E-state index is 13.0. The summed E-state index contributed by atoms with van der Waals surface area (Å²) in [6, 6.07) is 6.20. The molecule has 1 aliphatic rings. The van der Waals surface area contributed by atoms with E-state index in [9.17, 15) is 32.4 Å². The molecular weight excluding hydrogens is 537 g/mol. The molecule has 2 aromatic carbocycles. The van der Waals surface area contributed by atoms with E-state index in [0.29, 0.717) is 4.90 Å². The van der Waals surface area contributed by atoms with Crippen molar-refractivity contribution in [3.63, 3.8) is 0 Å². The Morgan fingerprint density at radius 2 is 1.50 bits per heavy atom. The van der Waals surface area contributed by atoms with Gasteiger partial charge in [-0.25, -0.2) is 13.2 Å². The molecule has 0 saturated heterocycles. The number of carbonyl (C=O) groups excluding carboxylic acids is 5. The molecular formula is C23H19Cl2NO9S. The summed E-state index contributed by atoms with van der Waals surface area (Å²) < 4.78 is 33.4. The summed E-state index contributed by atoms with van der Waals surface area (Å²) in [5.41, 5.74) is -0.0672. The van der Waals surface area contributed by atoms with Crippen LogP contribution in [0, 0.1) is 0 Å². The van der Waals surface area contributed by atoms with Crippen LogP contribution in [-0.2, 0) is 24.2 Å². The van der Waals surface area contributed by atoms with Crippen molar-refractivity contribution in [1.82, 2.24) is 4.90 Å². The third kappa shape index (κ3) is 6.28. The lowest BCUT2D eigenvalue weighted by atomic mass is 10.1. The molecule has 1 heterocycles. The number of benzene rings is 2. The fourth-order valence-electron chi connectivity index (χ4n) is 3.40. The molecule has 0 saturated carbocycles. The fourth-order valence-corrected chi connectivity index (χ4v) is 4.38. The van der Waals surface area contributed by atoms with E-state index >= 15 is 0 Å². The summed E-state index contributed by atoms with van der Waals surface area (Å²) in [5, 5.41) is 0.0259. The maximum atomic E-state index is 13.0. The van der Waals surface area contributed by atoms with Gasteiger partial charge in [0.1, 0.15) is 21.6 Å². The number of nitrogens with zero attached hydrogens (tertiary/aromatic N) is 1. The lowest BCUT2D eigenvalue weighted by Crippen LogP contribution is -2.46. The molecule has 190 valence electrons. The molecule has 0 fully saturated rings. The first-order valence-corrected chi connectivity index (χ1v) is 13.1. The third-order valence-electron chi connectivity index (χ3n) is 5.09. The Bertz CT molecular complexity index is 1330. The molecule has 10 nitrogen and oxygen atoms in total. The number of fused-ring (bicyclic) bond motifs is 1. The minimum absolute atomic E-state index is 0.0130. The minimum atomic E-state index is -3.59. The second-order valence-electron chi connectivity index (χ2n) is 7.88. The number of amides is 2. The number of hydrogen-bond donors (Lipinski definition) is 0. The van der Waals surface area contributed by atoms with Crippen molar-refractivity contribution >= 4 is 62.6 Å². The molecule has 0 aliphatic carbocycles. The lowest BCUT2D eigenvalue weighted by Gasteiger charge is -2.24. The van der Waals surface area contributed by atoms with Gasteiger partial charge in [0.2, 0.25) is 0 Å². The van der Waals surface area contributed by atoms with Gasteiger partial charge in [-0.3, -0.25) is 24.1 Å².